The van der Waals surface area contributed by atoms with E-state index in [0.29, 0.717) is 30.9 Å². The number of nitrogens with zero attached hydrogens (tertiary/aromatic N) is 1. The average molecular weight is 413 g/mol. The molecule has 1 atom stereocenters. The zero-order valence-corrected chi connectivity index (χ0v) is 16.9. The molecule has 0 spiro atoms. The molecule has 0 radical (unpaired) electrons. The van der Waals surface area contributed by atoms with Crippen molar-refractivity contribution in [3.8, 4) is 5.75 Å². The summed E-state index contributed by atoms with van der Waals surface area (Å²) in [7, 11) is 1.54. The highest BCUT2D eigenvalue weighted by Gasteiger charge is 2.46. The molecule has 1 amide bonds. The first-order valence-electron chi connectivity index (χ1n) is 9.74. The fourth-order valence-corrected chi connectivity index (χ4v) is 3.57. The number of aliphatic hydroxyl groups is 1. The second-order valence-electron chi connectivity index (χ2n) is 6.82. The molecular weight excluding hydrogens is 389 g/mol. The van der Waals surface area contributed by atoms with Gasteiger partial charge in [-0.3, -0.25) is 9.59 Å². The van der Waals surface area contributed by atoms with Gasteiger partial charge >= 0.3 is 0 Å². The van der Waals surface area contributed by atoms with Gasteiger partial charge in [-0.15, -0.1) is 0 Å². The summed E-state index contributed by atoms with van der Waals surface area (Å²) < 4.78 is 25.2. The Balaban J connectivity index is 2.13. The van der Waals surface area contributed by atoms with Crippen molar-refractivity contribution >= 4 is 17.4 Å². The maximum atomic E-state index is 14.7. The molecule has 158 valence electrons. The topological polar surface area (TPSA) is 76.1 Å². The van der Waals surface area contributed by atoms with Crippen LogP contribution in [0.1, 0.15) is 30.5 Å². The summed E-state index contributed by atoms with van der Waals surface area (Å²) >= 11 is 0. The number of rotatable bonds is 8. The van der Waals surface area contributed by atoms with Gasteiger partial charge in [-0.2, -0.15) is 0 Å². The van der Waals surface area contributed by atoms with Crippen LogP contribution in [0.2, 0.25) is 0 Å². The highest BCUT2D eigenvalue weighted by Crippen LogP contribution is 2.40. The molecule has 2 aromatic rings. The van der Waals surface area contributed by atoms with Gasteiger partial charge in [-0.25, -0.2) is 4.39 Å². The van der Waals surface area contributed by atoms with Gasteiger partial charge in [0.1, 0.15) is 17.3 Å². The van der Waals surface area contributed by atoms with Crippen molar-refractivity contribution in [1.82, 2.24) is 4.90 Å². The number of carbonyl (C=O) groups excluding carboxylic acids is 2. The quantitative estimate of drug-likeness (QED) is 0.309. The van der Waals surface area contributed by atoms with Crippen molar-refractivity contribution in [3.63, 3.8) is 0 Å². The van der Waals surface area contributed by atoms with Gasteiger partial charge in [0.05, 0.1) is 18.2 Å². The van der Waals surface area contributed by atoms with Crippen LogP contribution in [0.25, 0.3) is 5.76 Å². The molecule has 1 saturated heterocycles. The maximum absolute atomic E-state index is 14.7. The van der Waals surface area contributed by atoms with Crippen molar-refractivity contribution in [3.05, 3.63) is 71.0 Å². The minimum absolute atomic E-state index is 0.142. The molecule has 3 rings (SSSR count). The van der Waals surface area contributed by atoms with E-state index >= 15 is 0 Å². The van der Waals surface area contributed by atoms with Crippen LogP contribution < -0.4 is 4.74 Å². The number of ketones is 1. The van der Waals surface area contributed by atoms with Crippen LogP contribution in [0.4, 0.5) is 4.39 Å². The molecule has 6 nitrogen and oxygen atoms in total. The van der Waals surface area contributed by atoms with Crippen LogP contribution in [-0.2, 0) is 14.3 Å². The number of methoxy groups -OCH3 is 1. The maximum Gasteiger partial charge on any atom is 0.295 e. The van der Waals surface area contributed by atoms with E-state index in [2.05, 4.69) is 0 Å². The van der Waals surface area contributed by atoms with Crippen LogP contribution >= 0.6 is 0 Å². The number of likely N-dealkylation sites (tertiary alicyclic amines) is 1. The van der Waals surface area contributed by atoms with Gasteiger partial charge in [0.15, 0.2) is 0 Å². The van der Waals surface area contributed by atoms with E-state index in [1.165, 1.54) is 30.2 Å². The predicted octanol–water partition coefficient (Wildman–Crippen LogP) is 3.68. The van der Waals surface area contributed by atoms with Gasteiger partial charge < -0.3 is 19.5 Å². The van der Waals surface area contributed by atoms with Gasteiger partial charge in [0, 0.05) is 31.4 Å². The zero-order chi connectivity index (χ0) is 21.7. The molecule has 1 unspecified atom stereocenters. The van der Waals surface area contributed by atoms with Gasteiger partial charge in [-0.1, -0.05) is 30.3 Å². The number of ether oxygens (including phenoxy) is 2. The second kappa shape index (κ2) is 9.54. The van der Waals surface area contributed by atoms with Crippen molar-refractivity contribution in [2.45, 2.75) is 19.4 Å². The molecule has 7 heteroatoms. The highest BCUT2D eigenvalue weighted by molar-refractivity contribution is 6.46. The number of carbonyl (C=O) groups is 2. The number of aliphatic hydroxyl groups excluding tert-OH is 1. The van der Waals surface area contributed by atoms with Crippen LogP contribution in [-0.4, -0.2) is 48.6 Å². The van der Waals surface area contributed by atoms with Gasteiger partial charge in [0.2, 0.25) is 0 Å². The average Bonchev–Trinajstić information content (AvgIpc) is 2.99. The molecule has 0 bridgehead atoms. The Morgan fingerprint density at radius 1 is 1.17 bits per heavy atom. The molecule has 2 aromatic carbocycles. The molecular formula is C23H24FNO5. The first-order valence-corrected chi connectivity index (χ1v) is 9.74. The second-order valence-corrected chi connectivity index (χ2v) is 6.82. The van der Waals surface area contributed by atoms with E-state index in [-0.39, 0.29) is 23.4 Å². The number of hydrogen-bond acceptors (Lipinski definition) is 5. The third-order valence-corrected chi connectivity index (χ3v) is 4.91. The van der Waals surface area contributed by atoms with E-state index in [1.807, 2.05) is 6.92 Å². The molecule has 0 aromatic heterocycles. The summed E-state index contributed by atoms with van der Waals surface area (Å²) in [5, 5.41) is 11.0. The lowest BCUT2D eigenvalue weighted by Gasteiger charge is -2.25. The van der Waals surface area contributed by atoms with Crippen molar-refractivity contribution in [2.24, 2.45) is 0 Å². The smallest absolute Gasteiger partial charge is 0.295 e. The fourth-order valence-electron chi connectivity index (χ4n) is 3.57. The Morgan fingerprint density at radius 2 is 1.93 bits per heavy atom. The Labute approximate surface area is 174 Å². The molecule has 1 N–H and O–H groups in total. The largest absolute Gasteiger partial charge is 0.507 e. The van der Waals surface area contributed by atoms with Crippen LogP contribution in [0, 0.1) is 5.82 Å². The lowest BCUT2D eigenvalue weighted by molar-refractivity contribution is -0.140. The van der Waals surface area contributed by atoms with E-state index < -0.39 is 23.5 Å². The van der Waals surface area contributed by atoms with Crippen LogP contribution in [0.3, 0.4) is 0 Å². The number of hydrogen-bond donors (Lipinski definition) is 1. The molecule has 1 aliphatic heterocycles. The van der Waals surface area contributed by atoms with E-state index in [1.54, 1.807) is 30.3 Å². The SMILES string of the molecule is CCOc1cccc(/C(O)=C2\C(=O)C(=O)N(CCCOC)C2c2ccccc2F)c1. The molecule has 0 aliphatic carbocycles. The lowest BCUT2D eigenvalue weighted by atomic mass is 9.95. The standard InChI is InChI=1S/C23H24FNO5/c1-3-30-16-9-6-8-15(14-16)21(26)19-20(17-10-4-5-11-18(17)24)25(12-7-13-29-2)23(28)22(19)27/h4-6,8-11,14,20,26H,3,7,12-13H2,1-2H3/b21-19+. The summed E-state index contributed by atoms with van der Waals surface area (Å²) in [6.07, 6.45) is 0.467. The summed E-state index contributed by atoms with van der Waals surface area (Å²) in [6, 6.07) is 11.5. The van der Waals surface area contributed by atoms with E-state index in [9.17, 15) is 19.1 Å². The number of amides is 1. The number of halogens is 1. The minimum Gasteiger partial charge on any atom is -0.507 e. The monoisotopic (exact) mass is 413 g/mol. The molecule has 1 aliphatic rings. The number of benzene rings is 2. The van der Waals surface area contributed by atoms with E-state index in [4.69, 9.17) is 9.47 Å². The minimum atomic E-state index is -1.03. The van der Waals surface area contributed by atoms with Crippen LogP contribution in [0.15, 0.2) is 54.1 Å². The first-order chi connectivity index (χ1) is 14.5. The Hall–Kier alpha value is -3.19. The Morgan fingerprint density at radius 3 is 2.63 bits per heavy atom. The first kappa shape index (κ1) is 21.5. The van der Waals surface area contributed by atoms with Crippen molar-refractivity contribution < 1.29 is 28.6 Å². The summed E-state index contributed by atoms with van der Waals surface area (Å²) in [4.78, 5) is 26.9. The summed E-state index contributed by atoms with van der Waals surface area (Å²) in [5.41, 5.74) is 0.324. The predicted molar refractivity (Wildman–Crippen MR) is 110 cm³/mol. The number of Topliss-reactive ketones (excluding diaryl/α,β-unsaturated/α-hetero) is 1. The van der Waals surface area contributed by atoms with Crippen molar-refractivity contribution in [1.29, 1.82) is 0 Å². The lowest BCUT2D eigenvalue weighted by Crippen LogP contribution is -2.31. The van der Waals surface area contributed by atoms with Gasteiger partial charge in [0.25, 0.3) is 11.7 Å². The Bertz CT molecular complexity index is 972. The third kappa shape index (κ3) is 4.21. The molecule has 0 saturated carbocycles. The third-order valence-electron chi connectivity index (χ3n) is 4.91. The molecule has 1 heterocycles. The van der Waals surface area contributed by atoms with Crippen LogP contribution in [0.5, 0.6) is 5.75 Å². The Kier molecular flexibility index (Phi) is 6.84. The van der Waals surface area contributed by atoms with Crippen molar-refractivity contribution in [2.75, 3.05) is 26.9 Å². The molecule has 1 fully saturated rings. The summed E-state index contributed by atoms with van der Waals surface area (Å²) in [5.74, 6) is -2.03. The molecule has 30 heavy (non-hydrogen) atoms. The summed E-state index contributed by atoms with van der Waals surface area (Å²) in [6.45, 7) is 2.83. The normalized spacial score (nSPS) is 18.1. The zero-order valence-electron chi connectivity index (χ0n) is 16.9. The highest BCUT2D eigenvalue weighted by atomic mass is 19.1. The van der Waals surface area contributed by atoms with Gasteiger partial charge in [-0.05, 0) is 31.5 Å². The van der Waals surface area contributed by atoms with E-state index in [0.717, 1.165) is 0 Å². The fraction of sp³-hybridized carbons (Fsp3) is 0.304.